The van der Waals surface area contributed by atoms with Crippen molar-refractivity contribution in [2.24, 2.45) is 0 Å². The summed E-state index contributed by atoms with van der Waals surface area (Å²) in [6.45, 7) is 0. The first-order chi connectivity index (χ1) is 18.8. The number of hydrogen-bond donors (Lipinski definition) is 2. The van der Waals surface area contributed by atoms with Crippen LogP contribution in [0.4, 0.5) is 0 Å². The van der Waals surface area contributed by atoms with Gasteiger partial charge in [-0.15, -0.1) is 0 Å². The largest absolute Gasteiger partial charge is 0.268 e. The monoisotopic (exact) mass is 658 g/mol. The Bertz CT molecular complexity index is 1730. The van der Waals surface area contributed by atoms with E-state index in [1.54, 1.807) is 18.2 Å². The van der Waals surface area contributed by atoms with Crippen LogP contribution in [-0.4, -0.2) is 28.6 Å². The lowest BCUT2D eigenvalue weighted by atomic mass is 10.2. The number of rotatable bonds is 6. The van der Waals surface area contributed by atoms with Crippen LogP contribution < -0.4 is 9.44 Å². The Balaban J connectivity index is 0.000000222. The van der Waals surface area contributed by atoms with Crippen LogP contribution >= 0.6 is 46.4 Å². The third-order valence-corrected chi connectivity index (χ3v) is 8.67. The van der Waals surface area contributed by atoms with Crippen molar-refractivity contribution in [3.05, 3.63) is 128 Å². The minimum atomic E-state index is -4.01. The van der Waals surface area contributed by atoms with E-state index in [9.17, 15) is 26.4 Å². The summed E-state index contributed by atoms with van der Waals surface area (Å²) in [5, 5.41) is 1.18. The van der Waals surface area contributed by atoms with E-state index in [4.69, 9.17) is 46.4 Å². The van der Waals surface area contributed by atoms with Gasteiger partial charge in [0.2, 0.25) is 0 Å². The standard InChI is InChI=1S/C13H8Cl3NO3S.C13H10ClNO3S/c14-8-1-4-10(5-2-8)21(19,20)17-13(18)11-7-9(15)3-6-12(11)16;14-11-6-8-12(9-7-11)19(17,18)15-13(16)10-4-2-1-3-5-10/h1-7H,(H,17,18);1-9H,(H,15,16). The molecule has 0 aliphatic carbocycles. The van der Waals surface area contributed by atoms with E-state index in [1.807, 2.05) is 9.44 Å². The molecule has 40 heavy (non-hydrogen) atoms. The quantitative estimate of drug-likeness (QED) is 0.253. The number of nitrogens with one attached hydrogen (secondary N) is 2. The fourth-order valence-electron chi connectivity index (χ4n) is 2.96. The Hall–Kier alpha value is -3.12. The summed E-state index contributed by atoms with van der Waals surface area (Å²) in [7, 11) is -7.90. The van der Waals surface area contributed by atoms with Gasteiger partial charge in [-0.1, -0.05) is 64.6 Å². The summed E-state index contributed by atoms with van der Waals surface area (Å²) in [6, 6.07) is 23.3. The third kappa shape index (κ3) is 8.69. The van der Waals surface area contributed by atoms with E-state index in [2.05, 4.69) is 0 Å². The van der Waals surface area contributed by atoms with Crippen molar-refractivity contribution in [3.63, 3.8) is 0 Å². The molecular weight excluding hydrogens is 642 g/mol. The third-order valence-electron chi connectivity index (χ3n) is 4.91. The van der Waals surface area contributed by atoms with Crippen LogP contribution in [0, 0.1) is 0 Å². The van der Waals surface area contributed by atoms with Gasteiger partial charge in [0.15, 0.2) is 0 Å². The first kappa shape index (κ1) is 31.4. The molecule has 0 unspecified atom stereocenters. The number of carbonyl (C=O) groups is 2. The van der Waals surface area contributed by atoms with Crippen molar-refractivity contribution in [3.8, 4) is 0 Å². The van der Waals surface area contributed by atoms with Crippen LogP contribution in [0.2, 0.25) is 20.1 Å². The van der Waals surface area contributed by atoms with Crippen molar-refractivity contribution in [1.82, 2.24) is 9.44 Å². The van der Waals surface area contributed by atoms with E-state index in [1.165, 1.54) is 78.9 Å². The number of benzene rings is 4. The molecule has 0 spiro atoms. The molecule has 0 atom stereocenters. The van der Waals surface area contributed by atoms with Crippen LogP contribution in [0.1, 0.15) is 20.7 Å². The van der Waals surface area contributed by atoms with Gasteiger partial charge in [0, 0.05) is 20.6 Å². The summed E-state index contributed by atoms with van der Waals surface area (Å²) < 4.78 is 52.0. The van der Waals surface area contributed by atoms with Gasteiger partial charge >= 0.3 is 0 Å². The highest BCUT2D eigenvalue weighted by Gasteiger charge is 2.21. The second-order valence-corrected chi connectivity index (χ2v) is 12.8. The molecule has 0 radical (unpaired) electrons. The zero-order valence-electron chi connectivity index (χ0n) is 20.0. The van der Waals surface area contributed by atoms with Gasteiger partial charge in [0.1, 0.15) is 0 Å². The molecule has 0 aromatic heterocycles. The molecule has 0 aliphatic rings. The summed E-state index contributed by atoms with van der Waals surface area (Å²) >= 11 is 23.0. The smallest absolute Gasteiger partial charge is 0.266 e. The lowest BCUT2D eigenvalue weighted by molar-refractivity contribution is 0.0972. The normalized spacial score (nSPS) is 11.1. The molecular formula is C26H18Cl4N2O6S2. The topological polar surface area (TPSA) is 126 Å². The van der Waals surface area contributed by atoms with E-state index >= 15 is 0 Å². The summed E-state index contributed by atoms with van der Waals surface area (Å²) in [4.78, 5) is 23.7. The molecule has 0 saturated heterocycles. The van der Waals surface area contributed by atoms with Gasteiger partial charge in [0.25, 0.3) is 31.9 Å². The summed E-state index contributed by atoms with van der Waals surface area (Å²) in [6.07, 6.45) is 0. The van der Waals surface area contributed by atoms with Crippen molar-refractivity contribution < 1.29 is 26.4 Å². The molecule has 208 valence electrons. The van der Waals surface area contributed by atoms with Gasteiger partial charge in [-0.3, -0.25) is 9.59 Å². The molecule has 0 aliphatic heterocycles. The van der Waals surface area contributed by atoms with E-state index in [0.29, 0.717) is 10.0 Å². The van der Waals surface area contributed by atoms with Gasteiger partial charge in [-0.2, -0.15) is 0 Å². The Labute approximate surface area is 250 Å². The Kier molecular flexibility index (Phi) is 10.6. The molecule has 4 aromatic rings. The summed E-state index contributed by atoms with van der Waals surface area (Å²) in [5.74, 6) is -1.53. The first-order valence-electron chi connectivity index (χ1n) is 10.9. The van der Waals surface area contributed by atoms with E-state index in [0.717, 1.165) is 0 Å². The predicted molar refractivity (Wildman–Crippen MR) is 155 cm³/mol. The van der Waals surface area contributed by atoms with Gasteiger partial charge < -0.3 is 0 Å². The molecule has 0 saturated carbocycles. The highest BCUT2D eigenvalue weighted by atomic mass is 35.5. The maximum Gasteiger partial charge on any atom is 0.266 e. The zero-order valence-corrected chi connectivity index (χ0v) is 24.7. The molecule has 0 fully saturated rings. The second kappa shape index (κ2) is 13.5. The van der Waals surface area contributed by atoms with Crippen LogP contribution in [-0.2, 0) is 20.0 Å². The van der Waals surface area contributed by atoms with Gasteiger partial charge in [-0.25, -0.2) is 26.3 Å². The minimum absolute atomic E-state index is 0.0128. The Morgan fingerprint density at radius 2 is 0.950 bits per heavy atom. The van der Waals surface area contributed by atoms with E-state index in [-0.39, 0.29) is 31.0 Å². The highest BCUT2D eigenvalue weighted by Crippen LogP contribution is 2.21. The number of carbonyl (C=O) groups excluding carboxylic acids is 2. The van der Waals surface area contributed by atoms with E-state index < -0.39 is 31.9 Å². The molecule has 8 nitrogen and oxygen atoms in total. The lowest BCUT2D eigenvalue weighted by Crippen LogP contribution is -2.30. The maximum absolute atomic E-state index is 12.1. The number of sulfonamides is 2. The number of amides is 2. The van der Waals surface area contributed by atoms with Crippen LogP contribution in [0.5, 0.6) is 0 Å². The predicted octanol–water partition coefficient (Wildman–Crippen LogP) is 6.22. The van der Waals surface area contributed by atoms with Crippen molar-refractivity contribution in [1.29, 1.82) is 0 Å². The Morgan fingerprint density at radius 1 is 0.525 bits per heavy atom. The Morgan fingerprint density at radius 3 is 1.43 bits per heavy atom. The van der Waals surface area contributed by atoms with Crippen LogP contribution in [0.3, 0.4) is 0 Å². The molecule has 2 N–H and O–H groups in total. The second-order valence-electron chi connectivity index (χ2n) is 7.77. The molecule has 0 bridgehead atoms. The van der Waals surface area contributed by atoms with Crippen molar-refractivity contribution in [2.75, 3.05) is 0 Å². The fourth-order valence-corrected chi connectivity index (χ4v) is 5.53. The molecule has 4 aromatic carbocycles. The van der Waals surface area contributed by atoms with Crippen LogP contribution in [0.25, 0.3) is 0 Å². The SMILES string of the molecule is O=C(NS(=O)(=O)c1ccc(Cl)cc1)c1cc(Cl)ccc1Cl.O=C(NS(=O)(=O)c1ccc(Cl)cc1)c1ccccc1. The molecule has 4 rings (SSSR count). The number of halogens is 4. The zero-order chi connectivity index (χ0) is 29.5. The van der Waals surface area contributed by atoms with Crippen LogP contribution in [0.15, 0.2) is 107 Å². The van der Waals surface area contributed by atoms with Gasteiger partial charge in [0.05, 0.1) is 20.4 Å². The maximum atomic E-state index is 12.1. The number of hydrogen-bond acceptors (Lipinski definition) is 6. The average Bonchev–Trinajstić information content (AvgIpc) is 2.91. The lowest BCUT2D eigenvalue weighted by Gasteiger charge is -2.08. The average molecular weight is 660 g/mol. The highest BCUT2D eigenvalue weighted by molar-refractivity contribution is 7.90. The fraction of sp³-hybridized carbons (Fsp3) is 0. The first-order valence-corrected chi connectivity index (χ1v) is 15.4. The van der Waals surface area contributed by atoms with Gasteiger partial charge in [-0.05, 0) is 78.9 Å². The molecule has 2 amide bonds. The molecule has 14 heteroatoms. The van der Waals surface area contributed by atoms with Crippen molar-refractivity contribution in [2.45, 2.75) is 9.79 Å². The molecule has 0 heterocycles. The van der Waals surface area contributed by atoms with Crippen molar-refractivity contribution >= 4 is 78.3 Å². The minimum Gasteiger partial charge on any atom is -0.268 e. The summed E-state index contributed by atoms with van der Waals surface area (Å²) in [5.41, 5.74) is 0.252.